The third-order valence-corrected chi connectivity index (χ3v) is 3.98. The molecule has 0 fully saturated rings. The van der Waals surface area contributed by atoms with Crippen molar-refractivity contribution in [1.29, 1.82) is 0 Å². The molecule has 6 heteroatoms. The normalized spacial score (nSPS) is 12.9. The number of carbonyl (C=O) groups excluding carboxylic acids is 1. The van der Waals surface area contributed by atoms with E-state index in [0.717, 1.165) is 12.8 Å². The first-order chi connectivity index (χ1) is 10.0. The molecule has 0 saturated carbocycles. The van der Waals surface area contributed by atoms with Crippen molar-refractivity contribution in [3.8, 4) is 0 Å². The zero-order valence-corrected chi connectivity index (χ0v) is 13.7. The van der Waals surface area contributed by atoms with Crippen molar-refractivity contribution in [2.24, 2.45) is 11.7 Å². The molecule has 0 aliphatic carbocycles. The van der Waals surface area contributed by atoms with Crippen LogP contribution in [0.4, 0.5) is 0 Å². The molecule has 0 saturated heterocycles. The van der Waals surface area contributed by atoms with Gasteiger partial charge < -0.3 is 20.5 Å². The van der Waals surface area contributed by atoms with E-state index in [2.05, 4.69) is 43.1 Å². The first-order valence-corrected chi connectivity index (χ1v) is 7.69. The minimum Gasteiger partial charge on any atom is -0.349 e. The Morgan fingerprint density at radius 2 is 2.10 bits per heavy atom. The number of nitrogens with two attached hydrogens (primary N) is 1. The molecule has 0 bridgehead atoms. The molecule has 0 spiro atoms. The van der Waals surface area contributed by atoms with E-state index in [9.17, 15) is 4.79 Å². The molecule has 0 radical (unpaired) electrons. The molecule has 1 heterocycles. The van der Waals surface area contributed by atoms with Crippen LogP contribution in [0.5, 0.6) is 0 Å². The number of likely N-dealkylation sites (N-methyl/N-ethyl adjacent to an activating group) is 1. The second-order valence-electron chi connectivity index (χ2n) is 5.60. The van der Waals surface area contributed by atoms with Crippen molar-refractivity contribution < 1.29 is 4.79 Å². The predicted molar refractivity (Wildman–Crippen MR) is 85.2 cm³/mol. The van der Waals surface area contributed by atoms with Crippen LogP contribution in [0.15, 0.2) is 12.5 Å². The third-order valence-electron chi connectivity index (χ3n) is 3.98. The summed E-state index contributed by atoms with van der Waals surface area (Å²) in [4.78, 5) is 18.5. The standard InChI is InChI=1S/C15H29N5O/c1-5-12(6-2)14(19(3)4)9-17-15(21)13-10-20(8-7-16)11-18-13/h10-12,14H,5-9,16H2,1-4H3,(H,17,21). The summed E-state index contributed by atoms with van der Waals surface area (Å²) in [6.07, 6.45) is 5.61. The highest BCUT2D eigenvalue weighted by Crippen LogP contribution is 2.16. The Bertz CT molecular complexity index is 425. The van der Waals surface area contributed by atoms with Gasteiger partial charge in [-0.1, -0.05) is 26.7 Å². The van der Waals surface area contributed by atoms with Crippen LogP contribution in [-0.2, 0) is 6.54 Å². The summed E-state index contributed by atoms with van der Waals surface area (Å²) < 4.78 is 1.83. The molecule has 0 aromatic carbocycles. The molecule has 1 aromatic heterocycles. The van der Waals surface area contributed by atoms with Gasteiger partial charge in [0.25, 0.3) is 5.91 Å². The lowest BCUT2D eigenvalue weighted by molar-refractivity contribution is 0.0924. The molecule has 6 nitrogen and oxygen atoms in total. The van der Waals surface area contributed by atoms with E-state index in [0.29, 0.717) is 37.3 Å². The number of nitrogens with one attached hydrogen (secondary N) is 1. The van der Waals surface area contributed by atoms with Crippen molar-refractivity contribution in [2.45, 2.75) is 39.3 Å². The van der Waals surface area contributed by atoms with E-state index < -0.39 is 0 Å². The molecule has 1 rings (SSSR count). The molecule has 1 unspecified atom stereocenters. The molecular weight excluding hydrogens is 266 g/mol. The topological polar surface area (TPSA) is 76.2 Å². The number of rotatable bonds is 9. The number of hydrogen-bond donors (Lipinski definition) is 2. The smallest absolute Gasteiger partial charge is 0.271 e. The lowest BCUT2D eigenvalue weighted by Gasteiger charge is -2.31. The van der Waals surface area contributed by atoms with E-state index >= 15 is 0 Å². The summed E-state index contributed by atoms with van der Waals surface area (Å²) in [6.45, 7) is 6.24. The Morgan fingerprint density at radius 3 is 2.62 bits per heavy atom. The fourth-order valence-electron chi connectivity index (χ4n) is 2.64. The predicted octanol–water partition coefficient (Wildman–Crippen LogP) is 0.938. The number of imidazole rings is 1. The maximum Gasteiger partial charge on any atom is 0.271 e. The maximum atomic E-state index is 12.2. The molecule has 21 heavy (non-hydrogen) atoms. The molecule has 3 N–H and O–H groups in total. The average molecular weight is 295 g/mol. The summed E-state index contributed by atoms with van der Waals surface area (Å²) in [6, 6.07) is 0.343. The third kappa shape index (κ3) is 5.13. The molecular formula is C15H29N5O. The van der Waals surface area contributed by atoms with Gasteiger partial charge in [0.05, 0.1) is 6.33 Å². The lowest BCUT2D eigenvalue weighted by Crippen LogP contribution is -2.44. The molecule has 120 valence electrons. The zero-order chi connectivity index (χ0) is 15.8. The Morgan fingerprint density at radius 1 is 1.43 bits per heavy atom. The lowest BCUT2D eigenvalue weighted by atomic mass is 9.93. The quantitative estimate of drug-likeness (QED) is 0.711. The van der Waals surface area contributed by atoms with Crippen LogP contribution >= 0.6 is 0 Å². The van der Waals surface area contributed by atoms with Crippen molar-refractivity contribution in [2.75, 3.05) is 27.2 Å². The summed E-state index contributed by atoms with van der Waals surface area (Å²) in [5, 5.41) is 3.00. The van der Waals surface area contributed by atoms with Gasteiger partial charge in [-0.05, 0) is 20.0 Å². The highest BCUT2D eigenvalue weighted by Gasteiger charge is 2.21. The summed E-state index contributed by atoms with van der Waals surface area (Å²) in [5.41, 5.74) is 5.94. The number of amides is 1. The zero-order valence-electron chi connectivity index (χ0n) is 13.7. The number of aromatic nitrogens is 2. The van der Waals surface area contributed by atoms with Gasteiger partial charge in [-0.25, -0.2) is 4.98 Å². The van der Waals surface area contributed by atoms with Gasteiger partial charge in [-0.15, -0.1) is 0 Å². The molecule has 0 aliphatic heterocycles. The van der Waals surface area contributed by atoms with Crippen LogP contribution in [-0.4, -0.2) is 53.6 Å². The van der Waals surface area contributed by atoms with Gasteiger partial charge in [-0.2, -0.15) is 0 Å². The van der Waals surface area contributed by atoms with Crippen LogP contribution in [0, 0.1) is 5.92 Å². The van der Waals surface area contributed by atoms with E-state index in [4.69, 9.17) is 5.73 Å². The van der Waals surface area contributed by atoms with Gasteiger partial charge in [0.2, 0.25) is 0 Å². The molecule has 1 amide bonds. The fourth-order valence-corrected chi connectivity index (χ4v) is 2.64. The van der Waals surface area contributed by atoms with Gasteiger partial charge in [0.1, 0.15) is 5.69 Å². The minimum absolute atomic E-state index is 0.122. The number of hydrogen-bond acceptors (Lipinski definition) is 4. The highest BCUT2D eigenvalue weighted by molar-refractivity contribution is 5.92. The largest absolute Gasteiger partial charge is 0.349 e. The van der Waals surface area contributed by atoms with Crippen LogP contribution in [0.1, 0.15) is 37.2 Å². The molecule has 1 aromatic rings. The van der Waals surface area contributed by atoms with Crippen LogP contribution in [0.2, 0.25) is 0 Å². The number of nitrogens with zero attached hydrogens (tertiary/aromatic N) is 3. The van der Waals surface area contributed by atoms with Crippen molar-refractivity contribution in [3.63, 3.8) is 0 Å². The average Bonchev–Trinajstić information content (AvgIpc) is 2.92. The SMILES string of the molecule is CCC(CC)C(CNC(=O)c1cn(CCN)cn1)N(C)C. The second-order valence-corrected chi connectivity index (χ2v) is 5.60. The Kier molecular flexibility index (Phi) is 7.39. The van der Waals surface area contributed by atoms with E-state index in [1.807, 2.05) is 4.57 Å². The van der Waals surface area contributed by atoms with E-state index in [1.54, 1.807) is 12.5 Å². The van der Waals surface area contributed by atoms with Crippen LogP contribution in [0.3, 0.4) is 0 Å². The summed E-state index contributed by atoms with van der Waals surface area (Å²) in [7, 11) is 4.12. The monoisotopic (exact) mass is 295 g/mol. The van der Waals surface area contributed by atoms with Crippen molar-refractivity contribution >= 4 is 5.91 Å². The minimum atomic E-state index is -0.122. The van der Waals surface area contributed by atoms with E-state index in [-0.39, 0.29) is 5.91 Å². The summed E-state index contributed by atoms with van der Waals surface area (Å²) in [5.74, 6) is 0.457. The van der Waals surface area contributed by atoms with Crippen molar-refractivity contribution in [1.82, 2.24) is 19.8 Å². The molecule has 1 atom stereocenters. The van der Waals surface area contributed by atoms with Gasteiger partial charge in [-0.3, -0.25) is 4.79 Å². The Labute approximate surface area is 127 Å². The first kappa shape index (κ1) is 17.7. The van der Waals surface area contributed by atoms with Gasteiger partial charge >= 0.3 is 0 Å². The Hall–Kier alpha value is -1.40. The van der Waals surface area contributed by atoms with Crippen LogP contribution in [0.25, 0.3) is 0 Å². The van der Waals surface area contributed by atoms with Crippen molar-refractivity contribution in [3.05, 3.63) is 18.2 Å². The van der Waals surface area contributed by atoms with E-state index in [1.165, 1.54) is 0 Å². The molecule has 0 aliphatic rings. The second kappa shape index (κ2) is 8.79. The maximum absolute atomic E-state index is 12.2. The summed E-state index contributed by atoms with van der Waals surface area (Å²) >= 11 is 0. The fraction of sp³-hybridized carbons (Fsp3) is 0.733. The Balaban J connectivity index is 2.60. The number of carbonyl (C=O) groups is 1. The van der Waals surface area contributed by atoms with Gasteiger partial charge in [0.15, 0.2) is 0 Å². The first-order valence-electron chi connectivity index (χ1n) is 7.69. The van der Waals surface area contributed by atoms with Crippen LogP contribution < -0.4 is 11.1 Å². The van der Waals surface area contributed by atoms with Gasteiger partial charge in [0, 0.05) is 31.9 Å². The highest BCUT2D eigenvalue weighted by atomic mass is 16.1.